The molecule has 2 aromatic rings. The molecule has 1 N–H and O–H groups in total. The molecule has 0 fully saturated rings. The van der Waals surface area contributed by atoms with Crippen LogP contribution in [0.4, 0.5) is 0 Å². The van der Waals surface area contributed by atoms with Crippen LogP contribution in [0.15, 0.2) is 30.6 Å². The minimum absolute atomic E-state index is 0.678. The van der Waals surface area contributed by atoms with Gasteiger partial charge in [-0.2, -0.15) is 0 Å². The lowest BCUT2D eigenvalue weighted by Crippen LogP contribution is -2.22. The van der Waals surface area contributed by atoms with Crippen molar-refractivity contribution in [3.63, 3.8) is 0 Å². The van der Waals surface area contributed by atoms with Crippen molar-refractivity contribution in [2.75, 3.05) is 13.1 Å². The van der Waals surface area contributed by atoms with E-state index in [0.717, 1.165) is 42.5 Å². The average molecular weight is 298 g/mol. The Labute approximate surface area is 123 Å². The molecule has 0 saturated heterocycles. The van der Waals surface area contributed by atoms with Crippen LogP contribution in [0.2, 0.25) is 10.0 Å². The molecule has 1 heterocycles. The number of aryl methyl sites for hydroxylation is 1. The Morgan fingerprint density at radius 2 is 2.11 bits per heavy atom. The molecule has 0 aliphatic heterocycles. The highest BCUT2D eigenvalue weighted by atomic mass is 35.5. The third kappa shape index (κ3) is 4.23. The highest BCUT2D eigenvalue weighted by Crippen LogP contribution is 2.20. The van der Waals surface area contributed by atoms with Crippen molar-refractivity contribution >= 4 is 23.2 Å². The normalized spacial score (nSPS) is 10.9. The lowest BCUT2D eigenvalue weighted by Gasteiger charge is -2.08. The zero-order chi connectivity index (χ0) is 13.7. The van der Waals surface area contributed by atoms with E-state index in [1.54, 1.807) is 6.07 Å². The number of hydrogen-bond acceptors (Lipinski definition) is 2. The molecule has 0 spiro atoms. The molecule has 0 unspecified atom stereocenters. The van der Waals surface area contributed by atoms with Gasteiger partial charge in [0.2, 0.25) is 0 Å². The molecule has 0 radical (unpaired) electrons. The van der Waals surface area contributed by atoms with Gasteiger partial charge in [0.25, 0.3) is 0 Å². The van der Waals surface area contributed by atoms with Crippen LogP contribution < -0.4 is 5.32 Å². The first-order chi connectivity index (χ1) is 9.16. The maximum atomic E-state index is 6.12. The molecular weight excluding hydrogens is 281 g/mol. The number of aromatic nitrogens is 2. The summed E-state index contributed by atoms with van der Waals surface area (Å²) in [5.41, 5.74) is 1.12. The number of benzene rings is 1. The first-order valence-electron chi connectivity index (χ1n) is 6.29. The maximum absolute atomic E-state index is 6.12. The summed E-state index contributed by atoms with van der Waals surface area (Å²) in [5, 5.41) is 4.81. The Hall–Kier alpha value is -1.03. The van der Waals surface area contributed by atoms with Crippen LogP contribution in [0, 0.1) is 6.92 Å². The largest absolute Gasteiger partial charge is 0.334 e. The fourth-order valence-electron chi connectivity index (χ4n) is 1.91. The van der Waals surface area contributed by atoms with Gasteiger partial charge < -0.3 is 9.88 Å². The molecule has 0 saturated carbocycles. The highest BCUT2D eigenvalue weighted by Gasteiger charge is 2.01. The van der Waals surface area contributed by atoms with E-state index >= 15 is 0 Å². The van der Waals surface area contributed by atoms with Gasteiger partial charge in [-0.15, -0.1) is 0 Å². The van der Waals surface area contributed by atoms with Gasteiger partial charge in [0, 0.05) is 35.5 Å². The molecule has 1 aromatic heterocycles. The minimum Gasteiger partial charge on any atom is -0.334 e. The van der Waals surface area contributed by atoms with Crippen molar-refractivity contribution in [2.45, 2.75) is 19.9 Å². The van der Waals surface area contributed by atoms with E-state index in [1.165, 1.54) is 0 Å². The van der Waals surface area contributed by atoms with Crippen LogP contribution in [0.5, 0.6) is 0 Å². The van der Waals surface area contributed by atoms with E-state index < -0.39 is 0 Å². The first kappa shape index (κ1) is 14.4. The summed E-state index contributed by atoms with van der Waals surface area (Å²) in [6.45, 7) is 4.76. The number of rotatable bonds is 6. The van der Waals surface area contributed by atoms with E-state index in [9.17, 15) is 0 Å². The molecule has 0 aliphatic rings. The number of halogens is 2. The fourth-order valence-corrected chi connectivity index (χ4v) is 2.42. The molecule has 1 aromatic carbocycles. The monoisotopic (exact) mass is 297 g/mol. The van der Waals surface area contributed by atoms with Gasteiger partial charge in [0.1, 0.15) is 5.82 Å². The standard InChI is InChI=1S/C14H17Cl2N3/c1-11-18-7-9-19(11)8-6-17-5-4-12-2-3-13(15)10-14(12)16/h2-3,7,9-10,17H,4-6,8H2,1H3. The number of nitrogens with zero attached hydrogens (tertiary/aromatic N) is 2. The van der Waals surface area contributed by atoms with Crippen molar-refractivity contribution in [1.29, 1.82) is 0 Å². The van der Waals surface area contributed by atoms with E-state index in [-0.39, 0.29) is 0 Å². The quantitative estimate of drug-likeness (QED) is 0.829. The van der Waals surface area contributed by atoms with Crippen LogP contribution in [0.25, 0.3) is 0 Å². The van der Waals surface area contributed by atoms with Crippen LogP contribution >= 0.6 is 23.2 Å². The summed E-state index contributed by atoms with van der Waals surface area (Å²) >= 11 is 12.0. The molecule has 19 heavy (non-hydrogen) atoms. The fraction of sp³-hybridized carbons (Fsp3) is 0.357. The zero-order valence-electron chi connectivity index (χ0n) is 10.9. The molecule has 2 rings (SSSR count). The van der Waals surface area contributed by atoms with Crippen molar-refractivity contribution in [3.8, 4) is 0 Å². The Bertz CT molecular complexity index is 537. The second kappa shape index (κ2) is 6.94. The van der Waals surface area contributed by atoms with Crippen molar-refractivity contribution < 1.29 is 0 Å². The Balaban J connectivity index is 1.71. The smallest absolute Gasteiger partial charge is 0.105 e. The molecule has 0 aliphatic carbocycles. The Morgan fingerprint density at radius 1 is 1.26 bits per heavy atom. The number of imidazole rings is 1. The molecular formula is C14H17Cl2N3. The third-order valence-electron chi connectivity index (χ3n) is 3.04. The van der Waals surface area contributed by atoms with Crippen LogP contribution in [-0.4, -0.2) is 22.6 Å². The second-order valence-electron chi connectivity index (χ2n) is 4.40. The predicted molar refractivity (Wildman–Crippen MR) is 80.0 cm³/mol. The summed E-state index contributed by atoms with van der Waals surface area (Å²) in [7, 11) is 0. The molecule has 0 bridgehead atoms. The van der Waals surface area contributed by atoms with Gasteiger partial charge in [-0.25, -0.2) is 4.98 Å². The van der Waals surface area contributed by atoms with Gasteiger partial charge in [0.05, 0.1) is 0 Å². The Kier molecular flexibility index (Phi) is 5.25. The van der Waals surface area contributed by atoms with Crippen LogP contribution in [0.1, 0.15) is 11.4 Å². The van der Waals surface area contributed by atoms with Crippen molar-refractivity contribution in [2.24, 2.45) is 0 Å². The Morgan fingerprint density at radius 3 is 2.79 bits per heavy atom. The van der Waals surface area contributed by atoms with Crippen LogP contribution in [0.3, 0.4) is 0 Å². The second-order valence-corrected chi connectivity index (χ2v) is 5.25. The van der Waals surface area contributed by atoms with E-state index in [1.807, 2.05) is 31.5 Å². The number of hydrogen-bond donors (Lipinski definition) is 1. The molecule has 3 nitrogen and oxygen atoms in total. The number of nitrogens with one attached hydrogen (secondary N) is 1. The minimum atomic E-state index is 0.678. The summed E-state index contributed by atoms with van der Waals surface area (Å²) in [6.07, 6.45) is 4.72. The van der Waals surface area contributed by atoms with E-state index in [4.69, 9.17) is 23.2 Å². The summed E-state index contributed by atoms with van der Waals surface area (Å²) in [6, 6.07) is 5.64. The topological polar surface area (TPSA) is 29.9 Å². The lowest BCUT2D eigenvalue weighted by atomic mass is 10.1. The molecule has 0 amide bonds. The van der Waals surface area contributed by atoms with E-state index in [2.05, 4.69) is 14.9 Å². The van der Waals surface area contributed by atoms with Gasteiger partial charge in [-0.3, -0.25) is 0 Å². The average Bonchev–Trinajstić information content (AvgIpc) is 2.77. The van der Waals surface area contributed by atoms with Crippen LogP contribution in [-0.2, 0) is 13.0 Å². The molecule has 0 atom stereocenters. The molecule has 102 valence electrons. The zero-order valence-corrected chi connectivity index (χ0v) is 12.4. The first-order valence-corrected chi connectivity index (χ1v) is 7.05. The lowest BCUT2D eigenvalue weighted by molar-refractivity contribution is 0.588. The van der Waals surface area contributed by atoms with Gasteiger partial charge in [-0.05, 0) is 37.6 Å². The molecule has 5 heteroatoms. The third-order valence-corrected chi connectivity index (χ3v) is 3.63. The summed E-state index contributed by atoms with van der Waals surface area (Å²) in [4.78, 5) is 4.19. The summed E-state index contributed by atoms with van der Waals surface area (Å²) < 4.78 is 2.13. The van der Waals surface area contributed by atoms with Crippen molar-refractivity contribution in [1.82, 2.24) is 14.9 Å². The van der Waals surface area contributed by atoms with E-state index in [0.29, 0.717) is 5.02 Å². The highest BCUT2D eigenvalue weighted by molar-refractivity contribution is 6.35. The van der Waals surface area contributed by atoms with Gasteiger partial charge >= 0.3 is 0 Å². The maximum Gasteiger partial charge on any atom is 0.105 e. The summed E-state index contributed by atoms with van der Waals surface area (Å²) in [5.74, 6) is 1.04. The predicted octanol–water partition coefficient (Wildman–Crippen LogP) is 3.33. The van der Waals surface area contributed by atoms with Gasteiger partial charge in [-0.1, -0.05) is 29.3 Å². The van der Waals surface area contributed by atoms with Crippen molar-refractivity contribution in [3.05, 3.63) is 52.0 Å². The van der Waals surface area contributed by atoms with Gasteiger partial charge in [0.15, 0.2) is 0 Å². The SMILES string of the molecule is Cc1nccn1CCNCCc1ccc(Cl)cc1Cl.